The Morgan fingerprint density at radius 3 is 2.77 bits per heavy atom. The zero-order valence-corrected chi connectivity index (χ0v) is 18.3. The highest BCUT2D eigenvalue weighted by molar-refractivity contribution is 7.22. The summed E-state index contributed by atoms with van der Waals surface area (Å²) in [4.78, 5) is 42.5. The van der Waals surface area contributed by atoms with Crippen molar-refractivity contribution >= 4 is 67.4 Å². The van der Waals surface area contributed by atoms with Crippen molar-refractivity contribution in [1.29, 1.82) is 0 Å². The molecule has 0 bridgehead atoms. The van der Waals surface area contributed by atoms with Crippen molar-refractivity contribution in [2.45, 2.75) is 26.4 Å². The first-order valence-corrected chi connectivity index (χ1v) is 10.8. The van der Waals surface area contributed by atoms with Crippen LogP contribution < -0.4 is 20.3 Å². The highest BCUT2D eigenvalue weighted by Gasteiger charge is 2.34. The second kappa shape index (κ2) is 8.52. The molecule has 8 nitrogen and oxygen atoms in total. The standard InChI is InChI=1S/C21H19ClN4O4S/c1-3-16-20(29)26(15-8-12(22)4-6-17(15)30-16)10-19(28)24-13-5-7-18-14(9-13)25-21(31-18)23-11(2)27/h4-9,16H,3,10H2,1-2H3,(H,24,28)(H,23,25,27)/t16-/m0/s1. The summed E-state index contributed by atoms with van der Waals surface area (Å²) in [6.45, 7) is 3.08. The van der Waals surface area contributed by atoms with Gasteiger partial charge < -0.3 is 15.4 Å². The lowest BCUT2D eigenvalue weighted by molar-refractivity contribution is -0.128. The van der Waals surface area contributed by atoms with Crippen LogP contribution in [0, 0.1) is 0 Å². The molecule has 1 aliphatic rings. The van der Waals surface area contributed by atoms with E-state index < -0.39 is 6.10 Å². The van der Waals surface area contributed by atoms with E-state index in [4.69, 9.17) is 16.3 Å². The van der Waals surface area contributed by atoms with E-state index >= 15 is 0 Å². The summed E-state index contributed by atoms with van der Waals surface area (Å²) in [5.74, 6) is -0.346. The van der Waals surface area contributed by atoms with Crippen LogP contribution in [0.25, 0.3) is 10.2 Å². The average Bonchev–Trinajstić information content (AvgIpc) is 3.10. The summed E-state index contributed by atoms with van der Waals surface area (Å²) in [5.41, 5.74) is 1.65. The Bertz CT molecular complexity index is 1200. The van der Waals surface area contributed by atoms with Crippen LogP contribution in [-0.4, -0.2) is 35.4 Å². The number of fused-ring (bicyclic) bond motifs is 2. The van der Waals surface area contributed by atoms with E-state index in [1.54, 1.807) is 30.3 Å². The molecule has 0 unspecified atom stereocenters. The fourth-order valence-electron chi connectivity index (χ4n) is 3.27. The highest BCUT2D eigenvalue weighted by Crippen LogP contribution is 2.36. The van der Waals surface area contributed by atoms with Gasteiger partial charge in [0.15, 0.2) is 11.2 Å². The molecule has 2 aromatic carbocycles. The lowest BCUT2D eigenvalue weighted by Crippen LogP contribution is -2.48. The van der Waals surface area contributed by atoms with Gasteiger partial charge in [0.25, 0.3) is 5.91 Å². The van der Waals surface area contributed by atoms with Crippen molar-refractivity contribution in [2.24, 2.45) is 0 Å². The number of benzene rings is 2. The van der Waals surface area contributed by atoms with Gasteiger partial charge in [0.05, 0.1) is 15.9 Å². The number of nitrogens with one attached hydrogen (secondary N) is 2. The van der Waals surface area contributed by atoms with Crippen LogP contribution in [-0.2, 0) is 14.4 Å². The number of anilines is 3. The van der Waals surface area contributed by atoms with Crippen molar-refractivity contribution < 1.29 is 19.1 Å². The molecule has 0 aliphatic carbocycles. The zero-order chi connectivity index (χ0) is 22.1. The molecular weight excluding hydrogens is 440 g/mol. The number of carbonyl (C=O) groups excluding carboxylic acids is 3. The van der Waals surface area contributed by atoms with Gasteiger partial charge in [-0.3, -0.25) is 19.3 Å². The number of nitrogens with zero attached hydrogens (tertiary/aromatic N) is 2. The summed E-state index contributed by atoms with van der Waals surface area (Å²) in [6.07, 6.45) is -0.170. The Morgan fingerprint density at radius 1 is 1.23 bits per heavy atom. The van der Waals surface area contributed by atoms with Crippen LogP contribution in [0.15, 0.2) is 36.4 Å². The van der Waals surface area contributed by atoms with E-state index in [0.29, 0.717) is 39.2 Å². The largest absolute Gasteiger partial charge is 0.478 e. The van der Waals surface area contributed by atoms with Gasteiger partial charge in [-0.05, 0) is 42.8 Å². The Kier molecular flexibility index (Phi) is 5.79. The molecule has 1 atom stereocenters. The minimum absolute atomic E-state index is 0.182. The number of ether oxygens (including phenoxy) is 1. The van der Waals surface area contributed by atoms with Gasteiger partial charge in [-0.2, -0.15) is 0 Å². The molecule has 0 saturated carbocycles. The summed E-state index contributed by atoms with van der Waals surface area (Å²) in [7, 11) is 0. The van der Waals surface area contributed by atoms with Crippen LogP contribution in [0.3, 0.4) is 0 Å². The third-order valence-corrected chi connectivity index (χ3v) is 5.84. The number of rotatable bonds is 5. The molecule has 2 N–H and O–H groups in total. The van der Waals surface area contributed by atoms with Crippen molar-refractivity contribution in [1.82, 2.24) is 4.98 Å². The van der Waals surface area contributed by atoms with Gasteiger partial charge in [0, 0.05) is 17.6 Å². The fraction of sp³-hybridized carbons (Fsp3) is 0.238. The molecule has 0 radical (unpaired) electrons. The number of thiazole rings is 1. The topological polar surface area (TPSA) is 101 Å². The van der Waals surface area contributed by atoms with Crippen LogP contribution in [0.1, 0.15) is 20.3 Å². The second-order valence-corrected chi connectivity index (χ2v) is 8.45. The smallest absolute Gasteiger partial charge is 0.268 e. The first-order valence-electron chi connectivity index (χ1n) is 9.59. The molecule has 1 aliphatic heterocycles. The van der Waals surface area contributed by atoms with E-state index in [9.17, 15) is 14.4 Å². The highest BCUT2D eigenvalue weighted by atomic mass is 35.5. The predicted octanol–water partition coefficient (Wildman–Crippen LogP) is 4.05. The Labute approximate surface area is 187 Å². The molecule has 3 aromatic rings. The molecule has 1 aromatic heterocycles. The second-order valence-electron chi connectivity index (χ2n) is 6.98. The molecule has 0 spiro atoms. The molecule has 160 valence electrons. The number of amides is 3. The van der Waals surface area contributed by atoms with Crippen LogP contribution in [0.2, 0.25) is 5.02 Å². The normalized spacial score (nSPS) is 15.4. The minimum atomic E-state index is -0.653. The van der Waals surface area contributed by atoms with Gasteiger partial charge in [0.2, 0.25) is 11.8 Å². The lowest BCUT2D eigenvalue weighted by atomic mass is 10.1. The molecule has 0 fully saturated rings. The maximum atomic E-state index is 12.8. The van der Waals surface area contributed by atoms with Crippen LogP contribution in [0.4, 0.5) is 16.5 Å². The van der Waals surface area contributed by atoms with E-state index in [0.717, 1.165) is 4.70 Å². The van der Waals surface area contributed by atoms with Crippen LogP contribution in [0.5, 0.6) is 5.75 Å². The minimum Gasteiger partial charge on any atom is -0.478 e. The van der Waals surface area contributed by atoms with E-state index in [1.165, 1.54) is 23.2 Å². The van der Waals surface area contributed by atoms with Crippen molar-refractivity contribution in [3.63, 3.8) is 0 Å². The molecular formula is C21H19ClN4O4S. The Hall–Kier alpha value is -3.17. The third kappa shape index (κ3) is 4.47. The van der Waals surface area contributed by atoms with Gasteiger partial charge in [-0.15, -0.1) is 0 Å². The van der Waals surface area contributed by atoms with E-state index in [1.807, 2.05) is 13.0 Å². The summed E-state index contributed by atoms with van der Waals surface area (Å²) >= 11 is 7.43. The lowest BCUT2D eigenvalue weighted by Gasteiger charge is -2.33. The number of halogens is 1. The zero-order valence-electron chi connectivity index (χ0n) is 16.8. The fourth-order valence-corrected chi connectivity index (χ4v) is 4.33. The summed E-state index contributed by atoms with van der Waals surface area (Å²) in [6, 6.07) is 10.3. The monoisotopic (exact) mass is 458 g/mol. The summed E-state index contributed by atoms with van der Waals surface area (Å²) < 4.78 is 6.61. The van der Waals surface area contributed by atoms with Gasteiger partial charge in [-0.25, -0.2) is 4.98 Å². The molecule has 31 heavy (non-hydrogen) atoms. The number of hydrogen-bond acceptors (Lipinski definition) is 6. The SMILES string of the molecule is CC[C@@H]1Oc2ccc(Cl)cc2N(CC(=O)Nc2ccc3sc(NC(C)=O)nc3c2)C1=O. The molecule has 2 heterocycles. The molecule has 0 saturated heterocycles. The number of aromatic nitrogens is 1. The maximum absolute atomic E-state index is 12.8. The summed E-state index contributed by atoms with van der Waals surface area (Å²) in [5, 5.41) is 6.39. The average molecular weight is 459 g/mol. The maximum Gasteiger partial charge on any atom is 0.268 e. The Morgan fingerprint density at radius 2 is 2.03 bits per heavy atom. The van der Waals surface area contributed by atoms with Gasteiger partial charge >= 0.3 is 0 Å². The molecule has 4 rings (SSSR count). The van der Waals surface area contributed by atoms with E-state index in [-0.39, 0.29) is 24.3 Å². The molecule has 10 heteroatoms. The predicted molar refractivity (Wildman–Crippen MR) is 121 cm³/mol. The van der Waals surface area contributed by atoms with Crippen molar-refractivity contribution in [3.8, 4) is 5.75 Å². The van der Waals surface area contributed by atoms with E-state index in [2.05, 4.69) is 15.6 Å². The number of carbonyl (C=O) groups is 3. The van der Waals surface area contributed by atoms with Gasteiger partial charge in [0.1, 0.15) is 12.3 Å². The van der Waals surface area contributed by atoms with Crippen LogP contribution >= 0.6 is 22.9 Å². The Balaban J connectivity index is 1.53. The first kappa shape index (κ1) is 21.1. The van der Waals surface area contributed by atoms with Crippen molar-refractivity contribution in [2.75, 3.05) is 22.1 Å². The number of hydrogen-bond donors (Lipinski definition) is 2. The van der Waals surface area contributed by atoms with Crippen molar-refractivity contribution in [3.05, 3.63) is 41.4 Å². The third-order valence-electron chi connectivity index (χ3n) is 4.65. The quantitative estimate of drug-likeness (QED) is 0.600. The first-order chi connectivity index (χ1) is 14.8. The molecule has 3 amide bonds. The van der Waals surface area contributed by atoms with Gasteiger partial charge in [-0.1, -0.05) is 29.9 Å².